The van der Waals surface area contributed by atoms with E-state index in [-0.39, 0.29) is 0 Å². The molecule has 4 unspecified atom stereocenters. The second kappa shape index (κ2) is 2.88. The maximum atomic E-state index is 9.34. The quantitative estimate of drug-likeness (QED) is 0.247. The van der Waals surface area contributed by atoms with Crippen LogP contribution in [0.3, 0.4) is 0 Å². The zero-order valence-electron chi connectivity index (χ0n) is 7.25. The van der Waals surface area contributed by atoms with Gasteiger partial charge in [0.05, 0.1) is 0 Å². The lowest BCUT2D eigenvalue weighted by Gasteiger charge is -2.32. The topological polar surface area (TPSA) is 80.4 Å². The van der Waals surface area contributed by atoms with Crippen LogP contribution in [0.4, 0.5) is 0 Å². The van der Waals surface area contributed by atoms with E-state index in [1.165, 1.54) is 0 Å². The fourth-order valence-corrected chi connectivity index (χ4v) is 2.57. The highest BCUT2D eigenvalue weighted by Crippen LogP contribution is 2.24. The number of rotatable bonds is 0. The van der Waals surface area contributed by atoms with Crippen LogP contribution < -0.4 is 27.0 Å². The summed E-state index contributed by atoms with van der Waals surface area (Å²) in [5, 5.41) is 15.6. The van der Waals surface area contributed by atoms with Crippen molar-refractivity contribution in [3.8, 4) is 0 Å². The maximum absolute atomic E-state index is 9.34. The molecule has 1 aliphatic carbocycles. The Morgan fingerprint density at radius 2 is 1.38 bits per heavy atom. The molecule has 4 atom stereocenters. The molecule has 6 heteroatoms. The summed E-state index contributed by atoms with van der Waals surface area (Å²) in [5.74, 6) is 0. The van der Waals surface area contributed by atoms with E-state index in [0.29, 0.717) is 24.2 Å². The maximum Gasteiger partial charge on any atom is 0.161 e. The third-order valence-electron chi connectivity index (χ3n) is 3.25. The summed E-state index contributed by atoms with van der Waals surface area (Å²) < 4.78 is 0. The van der Waals surface area contributed by atoms with Gasteiger partial charge in [-0.25, -0.2) is 10.9 Å². The van der Waals surface area contributed by atoms with Crippen molar-refractivity contribution >= 4 is 0 Å². The van der Waals surface area contributed by atoms with Gasteiger partial charge in [0.1, 0.15) is 0 Å². The first kappa shape index (κ1) is 8.10. The molecule has 3 rings (SSSR count). The molecule has 6 nitrogen and oxygen atoms in total. The van der Waals surface area contributed by atoms with Crippen LogP contribution in [0, 0.1) is 0 Å². The van der Waals surface area contributed by atoms with E-state index in [1.54, 1.807) is 0 Å². The summed E-state index contributed by atoms with van der Waals surface area (Å²) in [6.07, 6.45) is 1.56. The van der Waals surface area contributed by atoms with Gasteiger partial charge in [-0.15, -0.1) is 0 Å². The second-order valence-corrected chi connectivity index (χ2v) is 4.05. The third-order valence-corrected chi connectivity index (χ3v) is 3.25. The van der Waals surface area contributed by atoms with Gasteiger partial charge in [0.15, 0.2) is 6.35 Å². The van der Waals surface area contributed by atoms with Gasteiger partial charge in [-0.2, -0.15) is 5.53 Å². The van der Waals surface area contributed by atoms with Gasteiger partial charge in [0, 0.05) is 24.2 Å². The highest BCUT2D eigenvalue weighted by atomic mass is 16.3. The summed E-state index contributed by atoms with van der Waals surface area (Å²) >= 11 is 0. The smallest absolute Gasteiger partial charge is 0.161 e. The highest BCUT2D eigenvalue weighted by Gasteiger charge is 2.43. The zero-order valence-corrected chi connectivity index (χ0v) is 7.25. The molecule has 1 saturated carbocycles. The predicted octanol–water partition coefficient (Wildman–Crippen LogP) is -2.66. The van der Waals surface area contributed by atoms with E-state index in [0.717, 1.165) is 12.8 Å². The molecule has 0 radical (unpaired) electrons. The van der Waals surface area contributed by atoms with Crippen molar-refractivity contribution in [3.05, 3.63) is 0 Å². The van der Waals surface area contributed by atoms with E-state index in [2.05, 4.69) is 27.0 Å². The molecule has 0 aromatic heterocycles. The Morgan fingerprint density at radius 3 is 1.92 bits per heavy atom. The summed E-state index contributed by atoms with van der Waals surface area (Å²) in [7, 11) is 0. The number of hydrogen-bond acceptors (Lipinski definition) is 6. The molecular formula is C7H15N5O. The summed E-state index contributed by atoms with van der Waals surface area (Å²) in [6, 6.07) is 1.73. The molecule has 3 aliphatic rings. The molecule has 2 aliphatic heterocycles. The van der Waals surface area contributed by atoms with Gasteiger partial charge >= 0.3 is 0 Å². The Labute approximate surface area is 76.4 Å². The summed E-state index contributed by atoms with van der Waals surface area (Å²) in [6.45, 7) is 0. The fourth-order valence-electron chi connectivity index (χ4n) is 2.57. The number of hydrogen-bond donors (Lipinski definition) is 6. The standard InChI is InChI=1S/C7H15N5O/c13-7-8-3-1-5-6(11-12-10-5)2-4(3)9-7/h3-13H,1-2H2. The van der Waals surface area contributed by atoms with Crippen molar-refractivity contribution in [2.75, 3.05) is 0 Å². The Morgan fingerprint density at radius 1 is 0.846 bits per heavy atom. The van der Waals surface area contributed by atoms with Crippen molar-refractivity contribution in [1.29, 1.82) is 0 Å². The van der Waals surface area contributed by atoms with Crippen molar-refractivity contribution in [2.45, 2.75) is 43.4 Å². The molecule has 13 heavy (non-hydrogen) atoms. The van der Waals surface area contributed by atoms with E-state index in [1.807, 2.05) is 0 Å². The molecule has 2 heterocycles. The summed E-state index contributed by atoms with van der Waals surface area (Å²) in [4.78, 5) is 0. The largest absolute Gasteiger partial charge is 0.365 e. The molecule has 3 fully saturated rings. The fraction of sp³-hybridized carbons (Fsp3) is 1.00. The Hall–Kier alpha value is -0.240. The van der Waals surface area contributed by atoms with Gasteiger partial charge in [-0.3, -0.25) is 10.6 Å². The van der Waals surface area contributed by atoms with E-state index in [4.69, 9.17) is 0 Å². The average Bonchev–Trinajstić information content (AvgIpc) is 2.63. The van der Waals surface area contributed by atoms with E-state index < -0.39 is 6.35 Å². The van der Waals surface area contributed by atoms with Crippen molar-refractivity contribution in [2.24, 2.45) is 0 Å². The van der Waals surface area contributed by atoms with Crippen LogP contribution in [0.25, 0.3) is 0 Å². The highest BCUT2D eigenvalue weighted by molar-refractivity contribution is 5.03. The van der Waals surface area contributed by atoms with Crippen molar-refractivity contribution < 1.29 is 5.11 Å². The van der Waals surface area contributed by atoms with Gasteiger partial charge in [-0.1, -0.05) is 0 Å². The molecule has 0 aromatic carbocycles. The van der Waals surface area contributed by atoms with Gasteiger partial charge < -0.3 is 5.11 Å². The van der Waals surface area contributed by atoms with Gasteiger partial charge in [0.2, 0.25) is 0 Å². The van der Waals surface area contributed by atoms with E-state index >= 15 is 0 Å². The Kier molecular flexibility index (Phi) is 1.79. The second-order valence-electron chi connectivity index (χ2n) is 4.05. The van der Waals surface area contributed by atoms with Gasteiger partial charge in [0.25, 0.3) is 0 Å². The molecular weight excluding hydrogens is 170 g/mol. The van der Waals surface area contributed by atoms with Crippen LogP contribution in [-0.4, -0.2) is 35.6 Å². The number of aliphatic hydroxyl groups excluding tert-OH is 1. The van der Waals surface area contributed by atoms with Crippen LogP contribution in [-0.2, 0) is 0 Å². The molecule has 0 spiro atoms. The number of hydrazine groups is 2. The third kappa shape index (κ3) is 1.26. The average molecular weight is 185 g/mol. The Bertz CT molecular complexity index is 193. The van der Waals surface area contributed by atoms with E-state index in [9.17, 15) is 5.11 Å². The lowest BCUT2D eigenvalue weighted by molar-refractivity contribution is 0.130. The van der Waals surface area contributed by atoms with Crippen molar-refractivity contribution in [1.82, 2.24) is 27.0 Å². The lowest BCUT2D eigenvalue weighted by atomic mass is 9.85. The molecule has 0 amide bonds. The minimum absolute atomic E-state index is 0.394. The first-order valence-electron chi connectivity index (χ1n) is 4.79. The molecule has 74 valence electrons. The monoisotopic (exact) mass is 185 g/mol. The molecule has 2 saturated heterocycles. The number of aliphatic hydroxyl groups is 1. The van der Waals surface area contributed by atoms with Crippen LogP contribution >= 0.6 is 0 Å². The SMILES string of the molecule is OC1NC2CC3NNNC3CC2N1. The first-order chi connectivity index (χ1) is 6.33. The lowest BCUT2D eigenvalue weighted by Crippen LogP contribution is -2.51. The summed E-state index contributed by atoms with van der Waals surface area (Å²) in [5.41, 5.74) is 9.30. The zero-order chi connectivity index (χ0) is 8.84. The molecule has 0 aromatic rings. The van der Waals surface area contributed by atoms with Crippen LogP contribution in [0.2, 0.25) is 0 Å². The normalized spacial score (nSPS) is 54.7. The number of nitrogens with one attached hydrogen (secondary N) is 5. The number of fused-ring (bicyclic) bond motifs is 2. The molecule has 6 N–H and O–H groups in total. The minimum atomic E-state index is -0.526. The first-order valence-corrected chi connectivity index (χ1v) is 4.79. The predicted molar refractivity (Wildman–Crippen MR) is 46.1 cm³/mol. The van der Waals surface area contributed by atoms with Gasteiger partial charge in [-0.05, 0) is 12.8 Å². The van der Waals surface area contributed by atoms with Crippen LogP contribution in [0.5, 0.6) is 0 Å². The van der Waals surface area contributed by atoms with Crippen LogP contribution in [0.15, 0.2) is 0 Å². The minimum Gasteiger partial charge on any atom is -0.365 e. The molecule has 0 bridgehead atoms. The van der Waals surface area contributed by atoms with Crippen molar-refractivity contribution in [3.63, 3.8) is 0 Å². The van der Waals surface area contributed by atoms with Crippen LogP contribution in [0.1, 0.15) is 12.8 Å². The Balaban J connectivity index is 1.73.